The van der Waals surface area contributed by atoms with Crippen LogP contribution < -0.4 is 9.64 Å². The highest BCUT2D eigenvalue weighted by atomic mass is 35.5. The zero-order valence-corrected chi connectivity index (χ0v) is 24.2. The van der Waals surface area contributed by atoms with E-state index in [2.05, 4.69) is 0 Å². The van der Waals surface area contributed by atoms with Crippen LogP contribution in [-0.4, -0.2) is 75.9 Å². The van der Waals surface area contributed by atoms with Crippen LogP contribution in [0.4, 0.5) is 5.13 Å². The summed E-state index contributed by atoms with van der Waals surface area (Å²) >= 11 is 1.46. The second-order valence-electron chi connectivity index (χ2n) is 9.36. The summed E-state index contributed by atoms with van der Waals surface area (Å²) in [6.45, 7) is 4.20. The topological polar surface area (TPSA) is 83.0 Å². The van der Waals surface area contributed by atoms with Crippen LogP contribution in [0.25, 0.3) is 10.2 Å². The minimum atomic E-state index is -3.57. The SMILES string of the molecule is COc1ccc(C)c2sc(N(CCN(C)C)C(=O)c3ccc(S(=O)(=O)N4CCCCCC4)cc3)nc12.Cl. The van der Waals surface area contributed by atoms with Crippen molar-refractivity contribution in [2.24, 2.45) is 0 Å². The van der Waals surface area contributed by atoms with Crippen molar-refractivity contribution in [3.05, 3.63) is 47.5 Å². The van der Waals surface area contributed by atoms with Gasteiger partial charge in [0.1, 0.15) is 11.3 Å². The molecule has 1 amide bonds. The number of methoxy groups -OCH3 is 1. The van der Waals surface area contributed by atoms with Crippen molar-refractivity contribution in [2.75, 3.05) is 52.3 Å². The van der Waals surface area contributed by atoms with Gasteiger partial charge in [-0.2, -0.15) is 4.31 Å². The van der Waals surface area contributed by atoms with Gasteiger partial charge in [-0.25, -0.2) is 13.4 Å². The van der Waals surface area contributed by atoms with Crippen LogP contribution in [-0.2, 0) is 10.0 Å². The molecular weight excluding hydrogens is 532 g/mol. The monoisotopic (exact) mass is 566 g/mol. The Morgan fingerprint density at radius 2 is 1.68 bits per heavy atom. The van der Waals surface area contributed by atoms with Crippen LogP contribution >= 0.6 is 23.7 Å². The fraction of sp³-hybridized carbons (Fsp3) is 0.462. The third-order valence-corrected chi connectivity index (χ3v) is 9.59. The van der Waals surface area contributed by atoms with Crippen LogP contribution in [0.2, 0.25) is 0 Å². The fourth-order valence-corrected chi connectivity index (χ4v) is 6.91. The van der Waals surface area contributed by atoms with Crippen molar-refractivity contribution in [3.8, 4) is 5.75 Å². The molecule has 11 heteroatoms. The molecule has 1 aromatic heterocycles. The van der Waals surface area contributed by atoms with Gasteiger partial charge in [-0.3, -0.25) is 9.69 Å². The smallest absolute Gasteiger partial charge is 0.260 e. The molecule has 1 aliphatic rings. The zero-order chi connectivity index (χ0) is 25.9. The number of hydrogen-bond donors (Lipinski definition) is 0. The Morgan fingerprint density at radius 3 is 2.27 bits per heavy atom. The minimum Gasteiger partial charge on any atom is -0.494 e. The first-order valence-corrected chi connectivity index (χ1v) is 14.5. The Morgan fingerprint density at radius 1 is 1.03 bits per heavy atom. The number of hydrogen-bond acceptors (Lipinski definition) is 7. The molecule has 202 valence electrons. The fourth-order valence-electron chi connectivity index (χ4n) is 4.32. The molecule has 0 unspecified atom stereocenters. The first-order valence-electron chi connectivity index (χ1n) is 12.2. The van der Waals surface area contributed by atoms with Gasteiger partial charge in [0.25, 0.3) is 5.91 Å². The van der Waals surface area contributed by atoms with Crippen LogP contribution in [0, 0.1) is 6.92 Å². The molecule has 1 saturated heterocycles. The van der Waals surface area contributed by atoms with E-state index in [1.807, 2.05) is 38.1 Å². The molecule has 0 aliphatic carbocycles. The van der Waals surface area contributed by atoms with E-state index >= 15 is 0 Å². The predicted octanol–water partition coefficient (Wildman–Crippen LogP) is 4.81. The number of benzene rings is 2. The van der Waals surface area contributed by atoms with Gasteiger partial charge in [0, 0.05) is 31.7 Å². The number of likely N-dealkylation sites (N-methyl/N-ethyl adjacent to an activating group) is 1. The summed E-state index contributed by atoms with van der Waals surface area (Å²) in [7, 11) is 1.95. The number of rotatable bonds is 8. The summed E-state index contributed by atoms with van der Waals surface area (Å²) in [4.78, 5) is 22.3. The molecule has 0 spiro atoms. The highest BCUT2D eigenvalue weighted by Gasteiger charge is 2.27. The Balaban J connectivity index is 0.00000380. The van der Waals surface area contributed by atoms with Gasteiger partial charge in [-0.1, -0.05) is 30.2 Å². The van der Waals surface area contributed by atoms with Crippen molar-refractivity contribution < 1.29 is 17.9 Å². The van der Waals surface area contributed by atoms with Gasteiger partial charge in [-0.15, -0.1) is 12.4 Å². The van der Waals surface area contributed by atoms with Crippen molar-refractivity contribution >= 4 is 55.0 Å². The second kappa shape index (κ2) is 12.5. The van der Waals surface area contributed by atoms with Crippen molar-refractivity contribution in [1.82, 2.24) is 14.2 Å². The number of carbonyl (C=O) groups excluding carboxylic acids is 1. The third-order valence-electron chi connectivity index (χ3n) is 6.46. The van der Waals surface area contributed by atoms with Gasteiger partial charge in [-0.05, 0) is 69.8 Å². The zero-order valence-electron chi connectivity index (χ0n) is 21.8. The van der Waals surface area contributed by atoms with E-state index < -0.39 is 10.0 Å². The van der Waals surface area contributed by atoms with E-state index in [0.29, 0.717) is 42.6 Å². The Bertz CT molecular complexity index is 1320. The number of sulfonamides is 1. The molecule has 2 heterocycles. The largest absolute Gasteiger partial charge is 0.494 e. The number of ether oxygens (including phenoxy) is 1. The molecule has 0 radical (unpaired) electrons. The van der Waals surface area contributed by atoms with E-state index in [-0.39, 0.29) is 23.2 Å². The molecule has 2 aromatic carbocycles. The molecule has 0 N–H and O–H groups in total. The molecule has 37 heavy (non-hydrogen) atoms. The summed E-state index contributed by atoms with van der Waals surface area (Å²) in [6, 6.07) is 10.2. The van der Waals surface area contributed by atoms with E-state index in [1.54, 1.807) is 40.6 Å². The lowest BCUT2D eigenvalue weighted by molar-refractivity contribution is 0.0985. The normalized spacial score (nSPS) is 14.8. The molecule has 0 saturated carbocycles. The average molecular weight is 567 g/mol. The lowest BCUT2D eigenvalue weighted by atomic mass is 10.2. The predicted molar refractivity (Wildman–Crippen MR) is 152 cm³/mol. The Kier molecular flexibility index (Phi) is 9.93. The molecule has 3 aromatic rings. The van der Waals surface area contributed by atoms with Gasteiger partial charge in [0.2, 0.25) is 10.0 Å². The third kappa shape index (κ3) is 6.43. The van der Waals surface area contributed by atoms with Gasteiger partial charge >= 0.3 is 0 Å². The number of aromatic nitrogens is 1. The lowest BCUT2D eigenvalue weighted by Gasteiger charge is -2.22. The van der Waals surface area contributed by atoms with Crippen LogP contribution in [0.1, 0.15) is 41.6 Å². The second-order valence-corrected chi connectivity index (χ2v) is 12.3. The van der Waals surface area contributed by atoms with E-state index in [9.17, 15) is 13.2 Å². The standard InChI is InChI=1S/C26H34N4O4S2.ClH/c1-19-9-14-22(34-4)23-24(19)35-26(27-23)30(18-17-28(2)3)25(31)20-10-12-21(13-11-20)36(32,33)29-15-7-5-6-8-16-29;/h9-14H,5-8,15-18H2,1-4H3;1H. The summed E-state index contributed by atoms with van der Waals surface area (Å²) in [6.07, 6.45) is 3.87. The van der Waals surface area contributed by atoms with Crippen molar-refractivity contribution in [2.45, 2.75) is 37.5 Å². The Labute approximate surface area is 229 Å². The first-order chi connectivity index (χ1) is 17.2. The number of halogens is 1. The number of thiazole rings is 1. The van der Waals surface area contributed by atoms with Crippen molar-refractivity contribution in [3.63, 3.8) is 0 Å². The molecule has 4 rings (SSSR count). The van der Waals surface area contributed by atoms with E-state index in [1.165, 1.54) is 11.3 Å². The molecular formula is C26H35ClN4O4S2. The number of amides is 1. The van der Waals surface area contributed by atoms with Crippen LogP contribution in [0.3, 0.4) is 0 Å². The van der Waals surface area contributed by atoms with E-state index in [4.69, 9.17) is 9.72 Å². The minimum absolute atomic E-state index is 0. The molecule has 1 aliphatic heterocycles. The van der Waals surface area contributed by atoms with Gasteiger partial charge in [0.15, 0.2) is 5.13 Å². The summed E-state index contributed by atoms with van der Waals surface area (Å²) in [5.74, 6) is 0.451. The number of aryl methyl sites for hydroxylation is 1. The summed E-state index contributed by atoms with van der Waals surface area (Å²) < 4.78 is 34.3. The highest BCUT2D eigenvalue weighted by molar-refractivity contribution is 7.89. The molecule has 0 bridgehead atoms. The Hall–Kier alpha value is -2.24. The molecule has 0 atom stereocenters. The van der Waals surface area contributed by atoms with Crippen LogP contribution in [0.5, 0.6) is 5.75 Å². The quantitative estimate of drug-likeness (QED) is 0.389. The van der Waals surface area contributed by atoms with E-state index in [0.717, 1.165) is 41.5 Å². The van der Waals surface area contributed by atoms with Crippen molar-refractivity contribution in [1.29, 1.82) is 0 Å². The summed E-state index contributed by atoms with van der Waals surface area (Å²) in [5.41, 5.74) is 2.23. The highest BCUT2D eigenvalue weighted by Crippen LogP contribution is 2.37. The first kappa shape index (κ1) is 29.3. The van der Waals surface area contributed by atoms with Gasteiger partial charge < -0.3 is 9.64 Å². The maximum absolute atomic E-state index is 13.7. The number of nitrogens with zero attached hydrogens (tertiary/aromatic N) is 4. The average Bonchev–Trinajstić information content (AvgIpc) is 3.11. The van der Waals surface area contributed by atoms with Gasteiger partial charge in [0.05, 0.1) is 16.7 Å². The number of fused-ring (bicyclic) bond motifs is 1. The molecule has 8 nitrogen and oxygen atoms in total. The number of carbonyl (C=O) groups is 1. The molecule has 1 fully saturated rings. The number of anilines is 1. The maximum Gasteiger partial charge on any atom is 0.260 e. The lowest BCUT2D eigenvalue weighted by Crippen LogP contribution is -2.36. The summed E-state index contributed by atoms with van der Waals surface area (Å²) in [5, 5.41) is 0.589. The maximum atomic E-state index is 13.7. The van der Waals surface area contributed by atoms with Crippen LogP contribution in [0.15, 0.2) is 41.3 Å².